The van der Waals surface area contributed by atoms with Gasteiger partial charge in [-0.05, 0) is 24.0 Å². The summed E-state index contributed by atoms with van der Waals surface area (Å²) >= 11 is 0. The summed E-state index contributed by atoms with van der Waals surface area (Å²) in [4.78, 5) is 18.5. The zero-order valence-electron chi connectivity index (χ0n) is 14.8. The molecule has 1 aliphatic heterocycles. The topological polar surface area (TPSA) is 70.7 Å². The van der Waals surface area contributed by atoms with Crippen molar-refractivity contribution in [3.63, 3.8) is 0 Å². The van der Waals surface area contributed by atoms with Crippen LogP contribution in [0.25, 0.3) is 0 Å². The first kappa shape index (κ1) is 18.3. The molecular weight excluding hydrogens is 300 g/mol. The highest BCUT2D eigenvalue weighted by Gasteiger charge is 2.21. The van der Waals surface area contributed by atoms with Gasteiger partial charge in [0.15, 0.2) is 5.96 Å². The maximum absolute atomic E-state index is 12.3. The zero-order chi connectivity index (χ0) is 17.2. The SMILES string of the molecule is CCCCCCNC(N)=NCCCC(=O)N1Cc2ccccc2C1. The predicted molar refractivity (Wildman–Crippen MR) is 98.6 cm³/mol. The van der Waals surface area contributed by atoms with Gasteiger partial charge in [0, 0.05) is 32.6 Å². The summed E-state index contributed by atoms with van der Waals surface area (Å²) < 4.78 is 0. The molecule has 0 saturated carbocycles. The molecule has 1 heterocycles. The van der Waals surface area contributed by atoms with Crippen LogP contribution in [0.2, 0.25) is 0 Å². The number of amides is 1. The number of guanidine groups is 1. The molecule has 5 heteroatoms. The summed E-state index contributed by atoms with van der Waals surface area (Å²) in [5, 5.41) is 3.13. The van der Waals surface area contributed by atoms with Gasteiger partial charge >= 0.3 is 0 Å². The molecule has 2 rings (SSSR count). The first-order valence-corrected chi connectivity index (χ1v) is 9.09. The Morgan fingerprint density at radius 3 is 2.54 bits per heavy atom. The number of carbonyl (C=O) groups excluding carboxylic acids is 1. The summed E-state index contributed by atoms with van der Waals surface area (Å²) in [7, 11) is 0. The fourth-order valence-electron chi connectivity index (χ4n) is 2.92. The summed E-state index contributed by atoms with van der Waals surface area (Å²) in [5.41, 5.74) is 8.36. The minimum Gasteiger partial charge on any atom is -0.370 e. The average Bonchev–Trinajstić information content (AvgIpc) is 3.02. The standard InChI is InChI=1S/C19H30N4O/c1-2-3-4-7-12-21-19(20)22-13-8-11-18(24)23-14-16-9-5-6-10-17(16)15-23/h5-6,9-10H,2-4,7-8,11-15H2,1H3,(H3,20,21,22). The van der Waals surface area contributed by atoms with Crippen molar-refractivity contribution in [3.05, 3.63) is 35.4 Å². The highest BCUT2D eigenvalue weighted by molar-refractivity contribution is 5.78. The van der Waals surface area contributed by atoms with E-state index in [0.717, 1.165) is 32.5 Å². The largest absolute Gasteiger partial charge is 0.370 e. The van der Waals surface area contributed by atoms with Crippen molar-refractivity contribution in [2.45, 2.75) is 58.5 Å². The molecular formula is C19H30N4O. The Morgan fingerprint density at radius 1 is 1.17 bits per heavy atom. The number of hydrogen-bond acceptors (Lipinski definition) is 2. The molecule has 0 spiro atoms. The lowest BCUT2D eigenvalue weighted by Gasteiger charge is -2.14. The Hall–Kier alpha value is -2.04. The third-order valence-corrected chi connectivity index (χ3v) is 4.36. The molecule has 1 aromatic carbocycles. The molecule has 132 valence electrons. The van der Waals surface area contributed by atoms with E-state index in [-0.39, 0.29) is 5.91 Å². The Balaban J connectivity index is 1.59. The zero-order valence-corrected chi connectivity index (χ0v) is 14.8. The Kier molecular flexibility index (Phi) is 7.59. The number of nitrogens with one attached hydrogen (secondary N) is 1. The van der Waals surface area contributed by atoms with Crippen LogP contribution in [-0.2, 0) is 17.9 Å². The second kappa shape index (κ2) is 9.96. The van der Waals surface area contributed by atoms with E-state index in [2.05, 4.69) is 29.4 Å². The van der Waals surface area contributed by atoms with Gasteiger partial charge in [-0.2, -0.15) is 0 Å². The van der Waals surface area contributed by atoms with Crippen molar-refractivity contribution >= 4 is 11.9 Å². The molecule has 0 aromatic heterocycles. The van der Waals surface area contributed by atoms with Crippen LogP contribution in [0, 0.1) is 0 Å². The second-order valence-corrected chi connectivity index (χ2v) is 6.38. The van der Waals surface area contributed by atoms with Crippen molar-refractivity contribution in [1.82, 2.24) is 10.2 Å². The minimum absolute atomic E-state index is 0.201. The highest BCUT2D eigenvalue weighted by Crippen LogP contribution is 2.22. The summed E-state index contributed by atoms with van der Waals surface area (Å²) in [6.07, 6.45) is 6.12. The molecule has 0 fully saturated rings. The summed E-state index contributed by atoms with van der Waals surface area (Å²) in [5.74, 6) is 0.694. The maximum Gasteiger partial charge on any atom is 0.223 e. The molecule has 5 nitrogen and oxygen atoms in total. The van der Waals surface area contributed by atoms with Crippen LogP contribution in [0.5, 0.6) is 0 Å². The van der Waals surface area contributed by atoms with E-state index in [1.54, 1.807) is 0 Å². The Labute approximate surface area is 145 Å². The van der Waals surface area contributed by atoms with Gasteiger partial charge in [-0.3, -0.25) is 9.79 Å². The first-order chi connectivity index (χ1) is 11.7. The maximum atomic E-state index is 12.3. The van der Waals surface area contributed by atoms with E-state index in [9.17, 15) is 4.79 Å². The number of unbranched alkanes of at least 4 members (excludes halogenated alkanes) is 3. The van der Waals surface area contributed by atoms with Crippen molar-refractivity contribution in [1.29, 1.82) is 0 Å². The predicted octanol–water partition coefficient (Wildman–Crippen LogP) is 2.79. The van der Waals surface area contributed by atoms with Gasteiger partial charge in [0.25, 0.3) is 0 Å². The van der Waals surface area contributed by atoms with Crippen LogP contribution in [0.4, 0.5) is 0 Å². The highest BCUT2D eigenvalue weighted by atomic mass is 16.2. The van der Waals surface area contributed by atoms with Gasteiger partial charge < -0.3 is 16.0 Å². The molecule has 0 aliphatic carbocycles. The van der Waals surface area contributed by atoms with Crippen molar-refractivity contribution < 1.29 is 4.79 Å². The van der Waals surface area contributed by atoms with Gasteiger partial charge in [0.05, 0.1) is 0 Å². The minimum atomic E-state index is 0.201. The van der Waals surface area contributed by atoms with E-state index >= 15 is 0 Å². The van der Waals surface area contributed by atoms with Crippen LogP contribution in [0.15, 0.2) is 29.3 Å². The number of carbonyl (C=O) groups is 1. The fraction of sp³-hybridized carbons (Fsp3) is 0.579. The molecule has 0 saturated heterocycles. The lowest BCUT2D eigenvalue weighted by atomic mass is 10.1. The summed E-state index contributed by atoms with van der Waals surface area (Å²) in [6, 6.07) is 8.25. The van der Waals surface area contributed by atoms with E-state index in [1.165, 1.54) is 30.4 Å². The molecule has 1 aromatic rings. The summed E-state index contributed by atoms with van der Waals surface area (Å²) in [6.45, 7) is 5.14. The van der Waals surface area contributed by atoms with E-state index in [1.807, 2.05) is 17.0 Å². The molecule has 0 bridgehead atoms. The average molecular weight is 330 g/mol. The molecule has 0 radical (unpaired) electrons. The van der Waals surface area contributed by atoms with E-state index in [4.69, 9.17) is 5.73 Å². The molecule has 1 aliphatic rings. The van der Waals surface area contributed by atoms with Gasteiger partial charge in [-0.15, -0.1) is 0 Å². The van der Waals surface area contributed by atoms with Gasteiger partial charge in [0.1, 0.15) is 0 Å². The lowest BCUT2D eigenvalue weighted by molar-refractivity contribution is -0.131. The number of nitrogens with zero attached hydrogens (tertiary/aromatic N) is 2. The van der Waals surface area contributed by atoms with Crippen molar-refractivity contribution in [3.8, 4) is 0 Å². The second-order valence-electron chi connectivity index (χ2n) is 6.38. The van der Waals surface area contributed by atoms with Crippen LogP contribution < -0.4 is 11.1 Å². The Morgan fingerprint density at radius 2 is 1.88 bits per heavy atom. The molecule has 0 atom stereocenters. The van der Waals surface area contributed by atoms with E-state index in [0.29, 0.717) is 18.9 Å². The molecule has 24 heavy (non-hydrogen) atoms. The number of benzene rings is 1. The normalized spacial score (nSPS) is 13.9. The van der Waals surface area contributed by atoms with Gasteiger partial charge in [-0.1, -0.05) is 50.5 Å². The van der Waals surface area contributed by atoms with Crippen molar-refractivity contribution in [2.24, 2.45) is 10.7 Å². The van der Waals surface area contributed by atoms with Crippen LogP contribution in [-0.4, -0.2) is 29.9 Å². The van der Waals surface area contributed by atoms with Crippen LogP contribution in [0.1, 0.15) is 56.6 Å². The lowest BCUT2D eigenvalue weighted by Crippen LogP contribution is -2.32. The third kappa shape index (κ3) is 5.87. The molecule has 0 unspecified atom stereocenters. The van der Waals surface area contributed by atoms with Gasteiger partial charge in [-0.25, -0.2) is 0 Å². The smallest absolute Gasteiger partial charge is 0.223 e. The van der Waals surface area contributed by atoms with Gasteiger partial charge in [0.2, 0.25) is 5.91 Å². The quantitative estimate of drug-likeness (QED) is 0.415. The van der Waals surface area contributed by atoms with Crippen LogP contribution >= 0.6 is 0 Å². The Bertz CT molecular complexity index is 531. The number of rotatable bonds is 9. The third-order valence-electron chi connectivity index (χ3n) is 4.36. The van der Waals surface area contributed by atoms with Crippen molar-refractivity contribution in [2.75, 3.05) is 13.1 Å². The van der Waals surface area contributed by atoms with Crippen LogP contribution in [0.3, 0.4) is 0 Å². The number of hydrogen-bond donors (Lipinski definition) is 2. The number of fused-ring (bicyclic) bond motifs is 1. The van der Waals surface area contributed by atoms with E-state index < -0.39 is 0 Å². The number of aliphatic imine (C=N–C) groups is 1. The fourth-order valence-corrected chi connectivity index (χ4v) is 2.92. The first-order valence-electron chi connectivity index (χ1n) is 9.09. The molecule has 1 amide bonds. The monoisotopic (exact) mass is 330 g/mol. The number of nitrogens with two attached hydrogens (primary N) is 1. The molecule has 3 N–H and O–H groups in total.